The highest BCUT2D eigenvalue weighted by molar-refractivity contribution is 9.10. The molecule has 0 aromatic heterocycles. The van der Waals surface area contributed by atoms with E-state index < -0.39 is 0 Å². The maximum atomic E-state index is 10.0. The molecule has 0 amide bonds. The largest absolute Gasteiger partial charge is 0.503 e. The summed E-state index contributed by atoms with van der Waals surface area (Å²) in [5.74, 6) is 2.21. The summed E-state index contributed by atoms with van der Waals surface area (Å²) < 4.78 is 6.22. The Morgan fingerprint density at radius 2 is 2.05 bits per heavy atom. The molecule has 4 heteroatoms. The number of ether oxygens (including phenoxy) is 1. The summed E-state index contributed by atoms with van der Waals surface area (Å²) in [7, 11) is 0. The molecule has 1 aromatic rings. The van der Waals surface area contributed by atoms with E-state index in [4.69, 9.17) is 4.74 Å². The van der Waals surface area contributed by atoms with Crippen molar-refractivity contribution in [3.05, 3.63) is 22.2 Å². The summed E-state index contributed by atoms with van der Waals surface area (Å²) in [6, 6.07) is 4.54. The molecule has 1 fully saturated rings. The predicted octanol–water partition coefficient (Wildman–Crippen LogP) is 4.42. The number of halogens is 1. The molecule has 1 saturated heterocycles. The second-order valence-corrected chi connectivity index (χ2v) is 7.20. The van der Waals surface area contributed by atoms with Crippen LogP contribution in [0.25, 0.3) is 0 Å². The first kappa shape index (κ1) is 16.6. The van der Waals surface area contributed by atoms with Gasteiger partial charge in [0.25, 0.3) is 0 Å². The molecular formula is C17H26BrNO2. The SMILES string of the molecule is CCOc1cc(CN2CC(C)CC(C)C2C)cc(Br)c1O. The molecule has 2 rings (SSSR count). The molecule has 0 saturated carbocycles. The Hall–Kier alpha value is -0.740. The number of piperidine rings is 1. The van der Waals surface area contributed by atoms with Crippen LogP contribution in [0, 0.1) is 11.8 Å². The maximum Gasteiger partial charge on any atom is 0.172 e. The third kappa shape index (κ3) is 3.92. The van der Waals surface area contributed by atoms with Gasteiger partial charge in [0.15, 0.2) is 11.5 Å². The van der Waals surface area contributed by atoms with Gasteiger partial charge in [0, 0.05) is 19.1 Å². The van der Waals surface area contributed by atoms with Gasteiger partial charge in [-0.05, 0) is 65.7 Å². The minimum Gasteiger partial charge on any atom is -0.503 e. The summed E-state index contributed by atoms with van der Waals surface area (Å²) in [6.07, 6.45) is 1.31. The molecule has 0 radical (unpaired) electrons. The second kappa shape index (κ2) is 7.01. The summed E-state index contributed by atoms with van der Waals surface area (Å²) >= 11 is 3.42. The molecule has 21 heavy (non-hydrogen) atoms. The van der Waals surface area contributed by atoms with Crippen LogP contribution in [0.15, 0.2) is 16.6 Å². The number of nitrogens with zero attached hydrogens (tertiary/aromatic N) is 1. The van der Waals surface area contributed by atoms with Gasteiger partial charge in [-0.25, -0.2) is 0 Å². The third-order valence-corrected chi connectivity index (χ3v) is 5.10. The molecular weight excluding hydrogens is 330 g/mol. The van der Waals surface area contributed by atoms with E-state index >= 15 is 0 Å². The van der Waals surface area contributed by atoms with Crippen molar-refractivity contribution < 1.29 is 9.84 Å². The van der Waals surface area contributed by atoms with Crippen molar-refractivity contribution in [3.8, 4) is 11.5 Å². The summed E-state index contributed by atoms with van der Waals surface area (Å²) in [5, 5.41) is 10.0. The van der Waals surface area contributed by atoms with Crippen LogP contribution in [0.2, 0.25) is 0 Å². The smallest absolute Gasteiger partial charge is 0.172 e. The average molecular weight is 356 g/mol. The Labute approximate surface area is 136 Å². The van der Waals surface area contributed by atoms with Crippen molar-refractivity contribution in [2.24, 2.45) is 11.8 Å². The van der Waals surface area contributed by atoms with Gasteiger partial charge >= 0.3 is 0 Å². The molecule has 1 aliphatic heterocycles. The van der Waals surface area contributed by atoms with Gasteiger partial charge in [-0.15, -0.1) is 0 Å². The van der Waals surface area contributed by atoms with Crippen LogP contribution in [0.5, 0.6) is 11.5 Å². The average Bonchev–Trinajstić information content (AvgIpc) is 2.41. The molecule has 3 unspecified atom stereocenters. The van der Waals surface area contributed by atoms with Crippen LogP contribution in [-0.4, -0.2) is 29.2 Å². The molecule has 0 aliphatic carbocycles. The minimum atomic E-state index is 0.189. The van der Waals surface area contributed by atoms with Gasteiger partial charge < -0.3 is 9.84 Å². The normalized spacial score (nSPS) is 26.8. The number of hydrogen-bond acceptors (Lipinski definition) is 3. The zero-order chi connectivity index (χ0) is 15.6. The molecule has 118 valence electrons. The lowest BCUT2D eigenvalue weighted by atomic mass is 9.86. The molecule has 1 aliphatic rings. The highest BCUT2D eigenvalue weighted by Gasteiger charge is 2.28. The Morgan fingerprint density at radius 3 is 2.71 bits per heavy atom. The highest BCUT2D eigenvalue weighted by Crippen LogP contribution is 2.36. The van der Waals surface area contributed by atoms with Crippen LogP contribution in [-0.2, 0) is 6.54 Å². The van der Waals surface area contributed by atoms with Gasteiger partial charge in [0.2, 0.25) is 0 Å². The predicted molar refractivity (Wildman–Crippen MR) is 89.8 cm³/mol. The quantitative estimate of drug-likeness (QED) is 0.867. The van der Waals surface area contributed by atoms with Gasteiger partial charge in [-0.2, -0.15) is 0 Å². The fourth-order valence-electron chi connectivity index (χ4n) is 3.26. The molecule has 1 N–H and O–H groups in total. The zero-order valence-corrected chi connectivity index (χ0v) is 15.0. The Bertz CT molecular complexity index is 492. The van der Waals surface area contributed by atoms with E-state index in [0.29, 0.717) is 22.9 Å². The van der Waals surface area contributed by atoms with Crippen molar-refractivity contribution in [3.63, 3.8) is 0 Å². The fourth-order valence-corrected chi connectivity index (χ4v) is 3.75. The van der Waals surface area contributed by atoms with Crippen molar-refractivity contribution in [2.75, 3.05) is 13.2 Å². The van der Waals surface area contributed by atoms with Gasteiger partial charge in [0.05, 0.1) is 11.1 Å². The third-order valence-electron chi connectivity index (χ3n) is 4.49. The van der Waals surface area contributed by atoms with E-state index in [1.54, 1.807) is 0 Å². The molecule has 3 nitrogen and oxygen atoms in total. The zero-order valence-electron chi connectivity index (χ0n) is 13.4. The standard InChI is InChI=1S/C17H26BrNO2/c1-5-21-16-8-14(7-15(18)17(16)20)10-19-9-11(2)6-12(3)13(19)4/h7-8,11-13,20H,5-6,9-10H2,1-4H3. The highest BCUT2D eigenvalue weighted by atomic mass is 79.9. The number of likely N-dealkylation sites (tertiary alicyclic amines) is 1. The van der Waals surface area contributed by atoms with Gasteiger partial charge in [-0.1, -0.05) is 13.8 Å². The topological polar surface area (TPSA) is 32.7 Å². The first-order valence-electron chi connectivity index (χ1n) is 7.80. The number of rotatable bonds is 4. The first-order chi connectivity index (χ1) is 9.92. The Morgan fingerprint density at radius 1 is 1.33 bits per heavy atom. The number of phenols is 1. The summed E-state index contributed by atoms with van der Waals surface area (Å²) in [6.45, 7) is 11.5. The number of aromatic hydroxyl groups is 1. The van der Waals surface area contributed by atoms with E-state index in [9.17, 15) is 5.11 Å². The monoisotopic (exact) mass is 355 g/mol. The van der Waals surface area contributed by atoms with Crippen LogP contribution >= 0.6 is 15.9 Å². The number of benzene rings is 1. The van der Waals surface area contributed by atoms with Gasteiger partial charge in [-0.3, -0.25) is 4.90 Å². The molecule has 1 heterocycles. The molecule has 3 atom stereocenters. The van der Waals surface area contributed by atoms with Crippen LogP contribution in [0.1, 0.15) is 39.7 Å². The Kier molecular flexibility index (Phi) is 5.55. The van der Waals surface area contributed by atoms with Crippen LogP contribution in [0.3, 0.4) is 0 Å². The molecule has 1 aromatic carbocycles. The lowest BCUT2D eigenvalue weighted by Crippen LogP contribution is -2.45. The van der Waals surface area contributed by atoms with Crippen molar-refractivity contribution >= 4 is 15.9 Å². The van der Waals surface area contributed by atoms with Crippen LogP contribution < -0.4 is 4.74 Å². The van der Waals surface area contributed by atoms with Crippen molar-refractivity contribution in [2.45, 2.75) is 46.7 Å². The summed E-state index contributed by atoms with van der Waals surface area (Å²) in [4.78, 5) is 2.54. The molecule has 0 bridgehead atoms. The van der Waals surface area contributed by atoms with Crippen LogP contribution in [0.4, 0.5) is 0 Å². The van der Waals surface area contributed by atoms with Crippen molar-refractivity contribution in [1.82, 2.24) is 4.90 Å². The summed E-state index contributed by atoms with van der Waals surface area (Å²) in [5.41, 5.74) is 1.18. The minimum absolute atomic E-state index is 0.189. The second-order valence-electron chi connectivity index (χ2n) is 6.35. The lowest BCUT2D eigenvalue weighted by Gasteiger charge is -2.41. The lowest BCUT2D eigenvalue weighted by molar-refractivity contribution is 0.0728. The van der Waals surface area contributed by atoms with Gasteiger partial charge in [0.1, 0.15) is 0 Å². The maximum absolute atomic E-state index is 10.0. The van der Waals surface area contributed by atoms with Crippen molar-refractivity contribution in [1.29, 1.82) is 0 Å². The first-order valence-corrected chi connectivity index (χ1v) is 8.59. The van der Waals surface area contributed by atoms with E-state index in [2.05, 4.69) is 41.6 Å². The molecule has 0 spiro atoms. The van der Waals surface area contributed by atoms with E-state index in [1.807, 2.05) is 19.1 Å². The number of phenolic OH excluding ortho intramolecular Hbond substituents is 1. The van der Waals surface area contributed by atoms with E-state index in [-0.39, 0.29) is 5.75 Å². The fraction of sp³-hybridized carbons (Fsp3) is 0.647. The Balaban J connectivity index is 2.18. The van der Waals surface area contributed by atoms with E-state index in [0.717, 1.165) is 24.9 Å². The van der Waals surface area contributed by atoms with E-state index in [1.165, 1.54) is 12.0 Å². The number of hydrogen-bond donors (Lipinski definition) is 1.